The number of methoxy groups -OCH3 is 2. The molecule has 1 aromatic heterocycles. The van der Waals surface area contributed by atoms with Crippen LogP contribution < -0.4 is 15.0 Å². The third kappa shape index (κ3) is 3.82. The highest BCUT2D eigenvalue weighted by Gasteiger charge is 2.18. The van der Waals surface area contributed by atoms with Crippen molar-refractivity contribution >= 4 is 22.7 Å². The van der Waals surface area contributed by atoms with E-state index in [1.165, 1.54) is 20.3 Å². The fourth-order valence-electron chi connectivity index (χ4n) is 2.69. The molecule has 0 saturated carbocycles. The van der Waals surface area contributed by atoms with Gasteiger partial charge in [0.25, 0.3) is 0 Å². The van der Waals surface area contributed by atoms with Crippen LogP contribution in [0.5, 0.6) is 11.5 Å². The van der Waals surface area contributed by atoms with Crippen molar-refractivity contribution in [1.29, 1.82) is 0 Å². The van der Waals surface area contributed by atoms with Gasteiger partial charge in [0.1, 0.15) is 11.5 Å². The number of pyridine rings is 1. The van der Waals surface area contributed by atoms with Crippen LogP contribution in [0.4, 0.5) is 0 Å². The van der Waals surface area contributed by atoms with Gasteiger partial charge in [-0.3, -0.25) is 9.59 Å². The monoisotopic (exact) mass is 367 g/mol. The Morgan fingerprint density at radius 1 is 0.963 bits per heavy atom. The van der Waals surface area contributed by atoms with Gasteiger partial charge < -0.3 is 19.2 Å². The summed E-state index contributed by atoms with van der Waals surface area (Å²) in [6.07, 6.45) is 0. The maximum Gasteiger partial charge on any atom is 0.339 e. The van der Waals surface area contributed by atoms with Crippen LogP contribution in [0, 0.1) is 0 Å². The minimum atomic E-state index is -0.757. The molecular weight excluding hydrogens is 350 g/mol. The van der Waals surface area contributed by atoms with Crippen LogP contribution >= 0.6 is 0 Å². The van der Waals surface area contributed by atoms with Gasteiger partial charge in [0.2, 0.25) is 11.3 Å². The van der Waals surface area contributed by atoms with E-state index in [2.05, 4.69) is 4.98 Å². The largest absolute Gasteiger partial charge is 0.497 e. The van der Waals surface area contributed by atoms with E-state index in [1.54, 1.807) is 36.4 Å². The number of carbonyl (C=O) groups excluding carboxylic acids is 2. The summed E-state index contributed by atoms with van der Waals surface area (Å²) in [7, 11) is 2.92. The topological polar surface area (TPSA) is 94.7 Å². The number of hydrogen-bond donors (Lipinski definition) is 1. The summed E-state index contributed by atoms with van der Waals surface area (Å²) in [5.41, 5.74) is 0.416. The summed E-state index contributed by atoms with van der Waals surface area (Å²) in [5.74, 6) is -0.384. The number of H-pyrrole nitrogens is 1. The lowest BCUT2D eigenvalue weighted by Crippen LogP contribution is -2.17. The van der Waals surface area contributed by atoms with Gasteiger partial charge in [0.15, 0.2) is 6.61 Å². The molecular formula is C20H17NO6. The standard InChI is InChI=1S/C20H17NO6/c1-25-12-7-8-18(26-2)15(9-12)17(22)11-27-20(24)14-10-19(23)21-16-6-4-3-5-13(14)16/h3-10H,11H2,1-2H3,(H,21,23). The van der Waals surface area contributed by atoms with E-state index in [9.17, 15) is 14.4 Å². The Bertz CT molecular complexity index is 1070. The van der Waals surface area contributed by atoms with Crippen LogP contribution in [0.15, 0.2) is 53.3 Å². The predicted molar refractivity (Wildman–Crippen MR) is 98.7 cm³/mol. The first-order valence-corrected chi connectivity index (χ1v) is 8.08. The minimum absolute atomic E-state index is 0.0970. The number of carbonyl (C=O) groups is 2. The maximum atomic E-state index is 12.5. The van der Waals surface area contributed by atoms with Crippen LogP contribution in [-0.4, -0.2) is 37.6 Å². The Morgan fingerprint density at radius 3 is 2.48 bits per heavy atom. The van der Waals surface area contributed by atoms with Crippen LogP contribution in [0.25, 0.3) is 10.9 Å². The van der Waals surface area contributed by atoms with Crippen molar-refractivity contribution in [2.45, 2.75) is 0 Å². The van der Waals surface area contributed by atoms with Crippen LogP contribution in [-0.2, 0) is 4.74 Å². The second kappa shape index (κ2) is 7.74. The van der Waals surface area contributed by atoms with Gasteiger partial charge in [0, 0.05) is 17.0 Å². The molecule has 0 aliphatic rings. The van der Waals surface area contributed by atoms with E-state index >= 15 is 0 Å². The number of ether oxygens (including phenoxy) is 3. The van der Waals surface area contributed by atoms with Gasteiger partial charge in [-0.05, 0) is 24.3 Å². The molecule has 1 N–H and O–H groups in total. The molecule has 2 aromatic carbocycles. The Kier molecular flexibility index (Phi) is 5.21. The highest BCUT2D eigenvalue weighted by atomic mass is 16.5. The van der Waals surface area contributed by atoms with E-state index in [0.29, 0.717) is 22.4 Å². The molecule has 7 heteroatoms. The van der Waals surface area contributed by atoms with Gasteiger partial charge in [-0.1, -0.05) is 18.2 Å². The molecule has 0 aliphatic carbocycles. The van der Waals surface area contributed by atoms with Crippen LogP contribution in [0.1, 0.15) is 20.7 Å². The molecule has 0 aliphatic heterocycles. The number of hydrogen-bond acceptors (Lipinski definition) is 6. The van der Waals surface area contributed by atoms with Crippen molar-refractivity contribution in [1.82, 2.24) is 4.98 Å². The van der Waals surface area contributed by atoms with Gasteiger partial charge in [0.05, 0.1) is 25.3 Å². The number of Topliss-reactive ketones (excluding diaryl/α,β-unsaturated/α-hetero) is 1. The first-order chi connectivity index (χ1) is 13.0. The summed E-state index contributed by atoms with van der Waals surface area (Å²) in [6.45, 7) is -0.497. The second-order valence-corrected chi connectivity index (χ2v) is 5.66. The number of aromatic amines is 1. The molecule has 0 spiro atoms. The first-order valence-electron chi connectivity index (χ1n) is 8.08. The second-order valence-electron chi connectivity index (χ2n) is 5.66. The number of aromatic nitrogens is 1. The van der Waals surface area contributed by atoms with Gasteiger partial charge in [-0.25, -0.2) is 4.79 Å². The summed E-state index contributed by atoms with van der Waals surface area (Å²) >= 11 is 0. The van der Waals surface area contributed by atoms with E-state index < -0.39 is 23.9 Å². The average molecular weight is 367 g/mol. The molecule has 3 rings (SSSR count). The zero-order valence-electron chi connectivity index (χ0n) is 14.8. The van der Waals surface area contributed by atoms with E-state index in [0.717, 1.165) is 6.07 Å². The van der Waals surface area contributed by atoms with E-state index in [1.807, 2.05) is 0 Å². The number of para-hydroxylation sites is 1. The van der Waals surface area contributed by atoms with Gasteiger partial charge >= 0.3 is 5.97 Å². The number of nitrogens with one attached hydrogen (secondary N) is 1. The lowest BCUT2D eigenvalue weighted by Gasteiger charge is -2.10. The Morgan fingerprint density at radius 2 is 1.74 bits per heavy atom. The minimum Gasteiger partial charge on any atom is -0.497 e. The molecule has 0 bridgehead atoms. The third-order valence-electron chi connectivity index (χ3n) is 4.01. The summed E-state index contributed by atoms with van der Waals surface area (Å²) in [5, 5.41) is 0.536. The molecule has 138 valence electrons. The highest BCUT2D eigenvalue weighted by molar-refractivity contribution is 6.05. The van der Waals surface area contributed by atoms with Crippen molar-refractivity contribution in [2.24, 2.45) is 0 Å². The van der Waals surface area contributed by atoms with Crippen LogP contribution in [0.3, 0.4) is 0 Å². The predicted octanol–water partition coefficient (Wildman–Crippen LogP) is 2.59. The zero-order valence-corrected chi connectivity index (χ0v) is 14.8. The van der Waals surface area contributed by atoms with Crippen molar-refractivity contribution in [3.63, 3.8) is 0 Å². The SMILES string of the molecule is COc1ccc(OC)c(C(=O)COC(=O)c2cc(=O)[nH]c3ccccc23)c1. The fourth-order valence-corrected chi connectivity index (χ4v) is 2.69. The number of esters is 1. The lowest BCUT2D eigenvalue weighted by molar-refractivity contribution is 0.0475. The summed E-state index contributed by atoms with van der Waals surface area (Å²) < 4.78 is 15.4. The smallest absolute Gasteiger partial charge is 0.339 e. The summed E-state index contributed by atoms with van der Waals surface area (Å²) in [6, 6.07) is 12.8. The number of fused-ring (bicyclic) bond motifs is 1. The molecule has 0 saturated heterocycles. The number of rotatable bonds is 6. The Hall–Kier alpha value is -3.61. The quantitative estimate of drug-likeness (QED) is 0.532. The Labute approximate surface area is 154 Å². The van der Waals surface area contributed by atoms with Gasteiger partial charge in [-0.15, -0.1) is 0 Å². The summed E-state index contributed by atoms with van der Waals surface area (Å²) in [4.78, 5) is 39.3. The normalized spacial score (nSPS) is 10.4. The van der Waals surface area contributed by atoms with Gasteiger partial charge in [-0.2, -0.15) is 0 Å². The molecule has 1 heterocycles. The molecule has 3 aromatic rings. The third-order valence-corrected chi connectivity index (χ3v) is 4.01. The number of ketones is 1. The van der Waals surface area contributed by atoms with Crippen molar-refractivity contribution in [3.05, 3.63) is 70.0 Å². The fraction of sp³-hybridized carbons (Fsp3) is 0.150. The van der Waals surface area contributed by atoms with E-state index in [4.69, 9.17) is 14.2 Å². The van der Waals surface area contributed by atoms with Crippen LogP contribution in [0.2, 0.25) is 0 Å². The lowest BCUT2D eigenvalue weighted by atomic mass is 10.1. The van der Waals surface area contributed by atoms with Crippen molar-refractivity contribution < 1.29 is 23.8 Å². The molecule has 0 fully saturated rings. The molecule has 0 amide bonds. The first kappa shape index (κ1) is 18.2. The number of benzene rings is 2. The average Bonchev–Trinajstić information content (AvgIpc) is 2.70. The van der Waals surface area contributed by atoms with E-state index in [-0.39, 0.29) is 11.1 Å². The molecule has 7 nitrogen and oxygen atoms in total. The maximum absolute atomic E-state index is 12.5. The molecule has 0 atom stereocenters. The Balaban J connectivity index is 1.83. The molecule has 0 unspecified atom stereocenters. The van der Waals surface area contributed by atoms with Crippen molar-refractivity contribution in [2.75, 3.05) is 20.8 Å². The molecule has 0 radical (unpaired) electrons. The molecule has 27 heavy (non-hydrogen) atoms. The van der Waals surface area contributed by atoms with Crippen molar-refractivity contribution in [3.8, 4) is 11.5 Å². The zero-order chi connectivity index (χ0) is 19.4. The highest BCUT2D eigenvalue weighted by Crippen LogP contribution is 2.24.